The molecule has 0 saturated carbocycles. The molecule has 0 aliphatic heterocycles. The molecule has 0 heterocycles. The molecule has 0 aliphatic rings. The van der Waals surface area contributed by atoms with Crippen LogP contribution >= 0.6 is 11.8 Å². The summed E-state index contributed by atoms with van der Waals surface area (Å²) in [4.78, 5) is 37.9. The summed E-state index contributed by atoms with van der Waals surface area (Å²) < 4.78 is 13.3. The Kier molecular flexibility index (Phi) is 10.3. The lowest BCUT2D eigenvalue weighted by atomic mass is 10.1. The van der Waals surface area contributed by atoms with E-state index in [2.05, 4.69) is 5.32 Å². The molecule has 2 amide bonds. The molecule has 0 radical (unpaired) electrons. The van der Waals surface area contributed by atoms with E-state index >= 15 is 0 Å². The number of amides is 2. The molecule has 0 unspecified atom stereocenters. The Morgan fingerprint density at radius 3 is 2.21 bits per heavy atom. The van der Waals surface area contributed by atoms with Crippen molar-refractivity contribution in [1.82, 2.24) is 10.2 Å². The zero-order valence-electron chi connectivity index (χ0n) is 19.1. The monoisotopic (exact) mass is 475 g/mol. The predicted octanol–water partition coefficient (Wildman–Crippen LogP) is 4.69. The van der Waals surface area contributed by atoms with E-state index in [1.165, 1.54) is 36.0 Å². The predicted molar refractivity (Wildman–Crippen MR) is 128 cm³/mol. The van der Waals surface area contributed by atoms with E-state index in [0.717, 1.165) is 17.5 Å². The minimum Gasteiger partial charge on any atom is -0.352 e. The average molecular weight is 476 g/mol. The summed E-state index contributed by atoms with van der Waals surface area (Å²) in [6.07, 6.45) is 1.22. The first-order chi connectivity index (χ1) is 15.7. The molecule has 2 rings (SSSR count). The topological polar surface area (TPSA) is 92.6 Å². The molecule has 7 nitrogen and oxygen atoms in total. The summed E-state index contributed by atoms with van der Waals surface area (Å²) >= 11 is 1.38. The number of nitrogens with zero attached hydrogens (tertiary/aromatic N) is 2. The van der Waals surface area contributed by atoms with E-state index in [0.29, 0.717) is 12.2 Å². The minimum absolute atomic E-state index is 0.00849. The molecule has 0 fully saturated rings. The van der Waals surface area contributed by atoms with Crippen LogP contribution in [0, 0.1) is 15.9 Å². The molecular weight excluding hydrogens is 445 g/mol. The molecular formula is C24H30FN3O4S. The number of nitrogens with one attached hydrogen (secondary N) is 1. The number of thioether (sulfide) groups is 1. The van der Waals surface area contributed by atoms with Gasteiger partial charge in [0.25, 0.3) is 5.69 Å². The quantitative estimate of drug-likeness (QED) is 0.355. The second-order valence-corrected chi connectivity index (χ2v) is 8.79. The standard InChI is InChI=1S/C24H30FN3O4S/c1-4-17(3)26-24(30)22(5-2)27(14-18-6-10-20(25)11-7-18)23(29)16-33-15-19-8-12-21(13-9-19)28(31)32/h6-13,17,22H,4-5,14-16H2,1-3H3,(H,26,30)/t17-,22-/m1/s1. The molecule has 33 heavy (non-hydrogen) atoms. The number of halogens is 1. The van der Waals surface area contributed by atoms with Crippen LogP contribution in [0.4, 0.5) is 10.1 Å². The highest BCUT2D eigenvalue weighted by atomic mass is 32.2. The highest BCUT2D eigenvalue weighted by Gasteiger charge is 2.29. The second kappa shape index (κ2) is 12.9. The maximum atomic E-state index is 13.3. The molecule has 0 spiro atoms. The van der Waals surface area contributed by atoms with Crippen molar-refractivity contribution >= 4 is 29.3 Å². The van der Waals surface area contributed by atoms with Crippen LogP contribution in [-0.2, 0) is 21.9 Å². The number of nitro groups is 1. The van der Waals surface area contributed by atoms with Gasteiger partial charge in [0.1, 0.15) is 11.9 Å². The first-order valence-electron chi connectivity index (χ1n) is 10.9. The zero-order chi connectivity index (χ0) is 24.4. The highest BCUT2D eigenvalue weighted by molar-refractivity contribution is 7.99. The van der Waals surface area contributed by atoms with Gasteiger partial charge in [0.15, 0.2) is 0 Å². The van der Waals surface area contributed by atoms with Crippen LogP contribution in [0.3, 0.4) is 0 Å². The number of non-ortho nitro benzene ring substituents is 1. The SMILES string of the molecule is CC[C@@H](C)NC(=O)[C@@H](CC)N(Cc1ccc(F)cc1)C(=O)CSCc1ccc([N+](=O)[O-])cc1. The van der Waals surface area contributed by atoms with E-state index in [-0.39, 0.29) is 41.7 Å². The number of hydrogen-bond acceptors (Lipinski definition) is 5. The van der Waals surface area contributed by atoms with Gasteiger partial charge in [-0.2, -0.15) is 0 Å². The third kappa shape index (κ3) is 8.16. The first kappa shape index (κ1) is 26.3. The molecule has 2 aromatic carbocycles. The van der Waals surface area contributed by atoms with Crippen LogP contribution in [0.1, 0.15) is 44.7 Å². The van der Waals surface area contributed by atoms with Gasteiger partial charge in [-0.05, 0) is 43.0 Å². The number of benzene rings is 2. The summed E-state index contributed by atoms with van der Waals surface area (Å²) in [7, 11) is 0. The third-order valence-corrected chi connectivity index (χ3v) is 6.28. The van der Waals surface area contributed by atoms with Crippen LogP contribution < -0.4 is 5.32 Å². The van der Waals surface area contributed by atoms with E-state index in [1.807, 2.05) is 20.8 Å². The average Bonchev–Trinajstić information content (AvgIpc) is 2.80. The molecule has 0 aliphatic carbocycles. The highest BCUT2D eigenvalue weighted by Crippen LogP contribution is 2.19. The van der Waals surface area contributed by atoms with Gasteiger partial charge < -0.3 is 10.2 Å². The molecule has 9 heteroatoms. The normalized spacial score (nSPS) is 12.6. The van der Waals surface area contributed by atoms with Gasteiger partial charge >= 0.3 is 0 Å². The van der Waals surface area contributed by atoms with Crippen molar-refractivity contribution in [3.63, 3.8) is 0 Å². The fraction of sp³-hybridized carbons (Fsp3) is 0.417. The summed E-state index contributed by atoms with van der Waals surface area (Å²) in [5, 5.41) is 13.7. The van der Waals surface area contributed by atoms with Crippen molar-refractivity contribution in [3.8, 4) is 0 Å². The van der Waals surface area contributed by atoms with E-state index in [9.17, 15) is 24.1 Å². The molecule has 178 valence electrons. The smallest absolute Gasteiger partial charge is 0.269 e. The summed E-state index contributed by atoms with van der Waals surface area (Å²) in [6, 6.07) is 11.4. The maximum absolute atomic E-state index is 13.3. The molecule has 2 aromatic rings. The van der Waals surface area contributed by atoms with Crippen LogP contribution in [0.25, 0.3) is 0 Å². The van der Waals surface area contributed by atoms with Crippen molar-refractivity contribution in [2.24, 2.45) is 0 Å². The molecule has 1 N–H and O–H groups in total. The van der Waals surface area contributed by atoms with Gasteiger partial charge in [-0.15, -0.1) is 11.8 Å². The lowest BCUT2D eigenvalue weighted by molar-refractivity contribution is -0.384. The Hall–Kier alpha value is -2.94. The molecule has 0 bridgehead atoms. The van der Waals surface area contributed by atoms with E-state index < -0.39 is 11.0 Å². The van der Waals surface area contributed by atoms with Crippen LogP contribution in [0.2, 0.25) is 0 Å². The fourth-order valence-corrected chi connectivity index (χ4v) is 4.07. The molecule has 0 saturated heterocycles. The van der Waals surface area contributed by atoms with Crippen LogP contribution in [-0.4, -0.2) is 39.5 Å². The summed E-state index contributed by atoms with van der Waals surface area (Å²) in [5.74, 6) is -0.119. The van der Waals surface area contributed by atoms with Crippen molar-refractivity contribution < 1.29 is 18.9 Å². The van der Waals surface area contributed by atoms with Crippen LogP contribution in [0.15, 0.2) is 48.5 Å². The summed E-state index contributed by atoms with van der Waals surface area (Å²) in [6.45, 7) is 5.94. The molecule has 2 atom stereocenters. The number of carbonyl (C=O) groups is 2. The lowest BCUT2D eigenvalue weighted by Gasteiger charge is -2.31. The number of carbonyl (C=O) groups excluding carboxylic acids is 2. The Balaban J connectivity index is 2.11. The lowest BCUT2D eigenvalue weighted by Crippen LogP contribution is -2.51. The second-order valence-electron chi connectivity index (χ2n) is 7.81. The fourth-order valence-electron chi connectivity index (χ4n) is 3.20. The van der Waals surface area contributed by atoms with E-state index in [4.69, 9.17) is 0 Å². The van der Waals surface area contributed by atoms with Gasteiger partial charge in [0.2, 0.25) is 11.8 Å². The number of rotatable bonds is 12. The zero-order valence-corrected chi connectivity index (χ0v) is 19.9. The van der Waals surface area contributed by atoms with Gasteiger partial charge in [0, 0.05) is 30.5 Å². The van der Waals surface area contributed by atoms with E-state index in [1.54, 1.807) is 29.2 Å². The number of nitro benzene ring substituents is 1. The van der Waals surface area contributed by atoms with Crippen molar-refractivity contribution in [2.75, 3.05) is 5.75 Å². The third-order valence-electron chi connectivity index (χ3n) is 5.29. The minimum atomic E-state index is -0.642. The first-order valence-corrected chi connectivity index (χ1v) is 12.1. The summed E-state index contributed by atoms with van der Waals surface area (Å²) in [5.41, 5.74) is 1.62. The van der Waals surface area contributed by atoms with Gasteiger partial charge in [-0.3, -0.25) is 19.7 Å². The Bertz CT molecular complexity index is 938. The van der Waals surface area contributed by atoms with Crippen molar-refractivity contribution in [1.29, 1.82) is 0 Å². The van der Waals surface area contributed by atoms with Gasteiger partial charge in [0.05, 0.1) is 10.7 Å². The largest absolute Gasteiger partial charge is 0.352 e. The van der Waals surface area contributed by atoms with Gasteiger partial charge in [-0.25, -0.2) is 4.39 Å². The maximum Gasteiger partial charge on any atom is 0.269 e. The Labute approximate surface area is 197 Å². The van der Waals surface area contributed by atoms with Crippen LogP contribution in [0.5, 0.6) is 0 Å². The molecule has 0 aromatic heterocycles. The Morgan fingerprint density at radius 1 is 1.06 bits per heavy atom. The number of hydrogen-bond donors (Lipinski definition) is 1. The van der Waals surface area contributed by atoms with Crippen molar-refractivity contribution in [2.45, 2.75) is 58.0 Å². The van der Waals surface area contributed by atoms with Gasteiger partial charge in [-0.1, -0.05) is 38.1 Å². The van der Waals surface area contributed by atoms with Crippen molar-refractivity contribution in [3.05, 3.63) is 75.6 Å². The Morgan fingerprint density at radius 2 is 1.67 bits per heavy atom.